The monoisotopic (exact) mass is 284 g/mol. The zero-order chi connectivity index (χ0) is 13.5. The predicted octanol–water partition coefficient (Wildman–Crippen LogP) is 4.02. The number of carbonyl (C=O) groups excluding carboxylic acids is 1. The molecule has 0 radical (unpaired) electrons. The van der Waals surface area contributed by atoms with Crippen LogP contribution in [0.4, 0.5) is 5.13 Å². The van der Waals surface area contributed by atoms with Crippen LogP contribution in [0.1, 0.15) is 35.0 Å². The molecule has 0 unspecified atom stereocenters. The van der Waals surface area contributed by atoms with Crippen molar-refractivity contribution in [3.05, 3.63) is 47.2 Å². The Morgan fingerprint density at radius 1 is 1.35 bits per heavy atom. The molecule has 4 nitrogen and oxygen atoms in total. The summed E-state index contributed by atoms with van der Waals surface area (Å²) in [4.78, 5) is 16.6. The zero-order valence-corrected chi connectivity index (χ0v) is 11.4. The van der Waals surface area contributed by atoms with Crippen LogP contribution < -0.4 is 5.32 Å². The number of benzene rings is 1. The highest BCUT2D eigenvalue weighted by molar-refractivity contribution is 7.14. The molecule has 0 atom stereocenters. The van der Waals surface area contributed by atoms with Crippen molar-refractivity contribution >= 4 is 33.3 Å². The Bertz CT molecular complexity index is 753. The Labute approximate surface area is 119 Å². The minimum Gasteiger partial charge on any atom is -0.451 e. The summed E-state index contributed by atoms with van der Waals surface area (Å²) in [5.41, 5.74) is 1.81. The van der Waals surface area contributed by atoms with E-state index in [0.29, 0.717) is 16.8 Å². The fourth-order valence-corrected chi connectivity index (χ4v) is 2.95. The first-order valence-electron chi connectivity index (χ1n) is 6.55. The van der Waals surface area contributed by atoms with E-state index in [1.807, 2.05) is 29.6 Å². The summed E-state index contributed by atoms with van der Waals surface area (Å²) in [5.74, 6) is 0.662. The first-order chi connectivity index (χ1) is 9.79. The Kier molecular flexibility index (Phi) is 2.60. The number of hydrogen-bond donors (Lipinski definition) is 1. The lowest BCUT2D eigenvalue weighted by molar-refractivity contribution is 0.0998. The molecule has 2 aromatic heterocycles. The van der Waals surface area contributed by atoms with Crippen molar-refractivity contribution in [1.29, 1.82) is 0 Å². The number of furan rings is 1. The number of carbonyl (C=O) groups is 1. The molecule has 2 heterocycles. The summed E-state index contributed by atoms with van der Waals surface area (Å²) in [5, 5.41) is 6.38. The summed E-state index contributed by atoms with van der Waals surface area (Å²) in [6.07, 6.45) is 2.42. The second-order valence-electron chi connectivity index (χ2n) is 4.95. The van der Waals surface area contributed by atoms with Gasteiger partial charge in [-0.05, 0) is 25.0 Å². The molecule has 0 saturated heterocycles. The molecule has 0 aliphatic heterocycles. The third-order valence-electron chi connectivity index (χ3n) is 3.39. The lowest BCUT2D eigenvalue weighted by Gasteiger charge is -1.97. The molecule has 3 aromatic rings. The van der Waals surface area contributed by atoms with Crippen LogP contribution in [-0.2, 0) is 0 Å². The van der Waals surface area contributed by atoms with Gasteiger partial charge in [0.2, 0.25) is 0 Å². The number of para-hydroxylation sites is 1. The molecule has 1 aliphatic carbocycles. The summed E-state index contributed by atoms with van der Waals surface area (Å²) < 4.78 is 5.53. The first kappa shape index (κ1) is 11.7. The Morgan fingerprint density at radius 3 is 3.00 bits per heavy atom. The van der Waals surface area contributed by atoms with E-state index in [9.17, 15) is 4.79 Å². The summed E-state index contributed by atoms with van der Waals surface area (Å²) >= 11 is 1.46. The molecule has 5 heteroatoms. The highest BCUT2D eigenvalue weighted by Crippen LogP contribution is 2.40. The molecule has 1 saturated carbocycles. The van der Waals surface area contributed by atoms with Crippen LogP contribution in [0.25, 0.3) is 11.0 Å². The number of nitrogens with zero attached hydrogens (tertiary/aromatic N) is 1. The van der Waals surface area contributed by atoms with Crippen molar-refractivity contribution in [1.82, 2.24) is 4.98 Å². The van der Waals surface area contributed by atoms with E-state index < -0.39 is 0 Å². The first-order valence-corrected chi connectivity index (χ1v) is 7.43. The topological polar surface area (TPSA) is 55.1 Å². The molecule has 4 rings (SSSR count). The maximum Gasteiger partial charge on any atom is 0.293 e. The van der Waals surface area contributed by atoms with Gasteiger partial charge in [-0.25, -0.2) is 4.98 Å². The van der Waals surface area contributed by atoms with Crippen molar-refractivity contribution in [3.8, 4) is 0 Å². The van der Waals surface area contributed by atoms with Crippen LogP contribution in [0, 0.1) is 0 Å². The van der Waals surface area contributed by atoms with Crippen LogP contribution in [0.5, 0.6) is 0 Å². The number of aromatic nitrogens is 1. The van der Waals surface area contributed by atoms with E-state index in [2.05, 4.69) is 10.3 Å². The molecule has 20 heavy (non-hydrogen) atoms. The Morgan fingerprint density at radius 2 is 2.20 bits per heavy atom. The van der Waals surface area contributed by atoms with E-state index in [1.165, 1.54) is 24.2 Å². The van der Waals surface area contributed by atoms with Gasteiger partial charge in [0.25, 0.3) is 5.91 Å². The van der Waals surface area contributed by atoms with Crippen LogP contribution in [0.3, 0.4) is 0 Å². The molecule has 1 N–H and O–H groups in total. The predicted molar refractivity (Wildman–Crippen MR) is 78.3 cm³/mol. The molecule has 1 amide bonds. The second kappa shape index (κ2) is 4.45. The largest absolute Gasteiger partial charge is 0.451 e. The average Bonchev–Trinajstić information content (AvgIpc) is 3.04. The number of anilines is 1. The van der Waals surface area contributed by atoms with E-state index in [-0.39, 0.29) is 5.91 Å². The van der Waals surface area contributed by atoms with Crippen molar-refractivity contribution < 1.29 is 9.21 Å². The van der Waals surface area contributed by atoms with E-state index >= 15 is 0 Å². The Balaban J connectivity index is 1.56. The number of hydrogen-bond acceptors (Lipinski definition) is 4. The van der Waals surface area contributed by atoms with E-state index in [4.69, 9.17) is 4.42 Å². The van der Waals surface area contributed by atoms with Gasteiger partial charge in [0.15, 0.2) is 10.9 Å². The van der Waals surface area contributed by atoms with Crippen molar-refractivity contribution in [2.24, 2.45) is 0 Å². The van der Waals surface area contributed by atoms with Gasteiger partial charge < -0.3 is 4.42 Å². The van der Waals surface area contributed by atoms with Crippen LogP contribution in [-0.4, -0.2) is 10.9 Å². The van der Waals surface area contributed by atoms with Crippen LogP contribution >= 0.6 is 11.3 Å². The van der Waals surface area contributed by atoms with Gasteiger partial charge in [-0.1, -0.05) is 18.2 Å². The molecule has 1 aliphatic rings. The molecule has 1 aromatic carbocycles. The number of nitrogens with one attached hydrogen (secondary N) is 1. The van der Waals surface area contributed by atoms with Crippen molar-refractivity contribution in [2.75, 3.05) is 5.32 Å². The maximum atomic E-state index is 12.1. The summed E-state index contributed by atoms with van der Waals surface area (Å²) in [7, 11) is 0. The van der Waals surface area contributed by atoms with Gasteiger partial charge in [-0.3, -0.25) is 10.1 Å². The fourth-order valence-electron chi connectivity index (χ4n) is 2.16. The highest BCUT2D eigenvalue weighted by atomic mass is 32.1. The standard InChI is InChI=1S/C15H12N2O2S/c18-14(13-7-10-3-1-2-4-12(10)19-13)17-15-16-11(8-20-15)9-5-6-9/h1-4,7-9H,5-6H2,(H,16,17,18). The number of rotatable bonds is 3. The Hall–Kier alpha value is -2.14. The smallest absolute Gasteiger partial charge is 0.293 e. The minimum absolute atomic E-state index is 0.252. The number of fused-ring (bicyclic) bond motifs is 1. The zero-order valence-electron chi connectivity index (χ0n) is 10.6. The van der Waals surface area contributed by atoms with Crippen molar-refractivity contribution in [3.63, 3.8) is 0 Å². The third-order valence-corrected chi connectivity index (χ3v) is 4.16. The average molecular weight is 284 g/mol. The SMILES string of the molecule is O=C(Nc1nc(C2CC2)cs1)c1cc2ccccc2o1. The van der Waals surface area contributed by atoms with Gasteiger partial charge in [-0.2, -0.15) is 0 Å². The van der Waals surface area contributed by atoms with Crippen LogP contribution in [0.2, 0.25) is 0 Å². The van der Waals surface area contributed by atoms with Gasteiger partial charge in [0.1, 0.15) is 5.58 Å². The van der Waals surface area contributed by atoms with Gasteiger partial charge in [-0.15, -0.1) is 11.3 Å². The van der Waals surface area contributed by atoms with Gasteiger partial charge in [0.05, 0.1) is 5.69 Å². The summed E-state index contributed by atoms with van der Waals surface area (Å²) in [6, 6.07) is 9.32. The van der Waals surface area contributed by atoms with Crippen LogP contribution in [0.15, 0.2) is 40.1 Å². The highest BCUT2D eigenvalue weighted by Gasteiger charge is 2.26. The quantitative estimate of drug-likeness (QED) is 0.790. The lowest BCUT2D eigenvalue weighted by Crippen LogP contribution is -2.10. The van der Waals surface area contributed by atoms with Gasteiger partial charge in [0, 0.05) is 16.7 Å². The molecular formula is C15H12N2O2S. The van der Waals surface area contributed by atoms with Gasteiger partial charge >= 0.3 is 0 Å². The minimum atomic E-state index is -0.252. The molecular weight excluding hydrogens is 272 g/mol. The van der Waals surface area contributed by atoms with E-state index in [0.717, 1.165) is 16.7 Å². The molecule has 0 spiro atoms. The number of amides is 1. The molecule has 1 fully saturated rings. The summed E-state index contributed by atoms with van der Waals surface area (Å²) in [6.45, 7) is 0. The fraction of sp³-hybridized carbons (Fsp3) is 0.200. The number of thiazole rings is 1. The van der Waals surface area contributed by atoms with E-state index in [1.54, 1.807) is 6.07 Å². The van der Waals surface area contributed by atoms with Crippen molar-refractivity contribution in [2.45, 2.75) is 18.8 Å². The third kappa shape index (κ3) is 2.10. The second-order valence-corrected chi connectivity index (χ2v) is 5.81. The normalized spacial score (nSPS) is 14.6. The molecule has 100 valence electrons. The molecule has 0 bridgehead atoms. The lowest BCUT2D eigenvalue weighted by atomic mass is 10.2. The maximum absolute atomic E-state index is 12.1.